The molecule has 0 rings (SSSR count). The van der Waals surface area contributed by atoms with Crippen LogP contribution in [-0.2, 0) is 9.53 Å². The van der Waals surface area contributed by atoms with Gasteiger partial charge in [-0.25, -0.2) is 0 Å². The van der Waals surface area contributed by atoms with Crippen LogP contribution in [0.15, 0.2) is 36.5 Å². The Hall–Kier alpha value is -1.22. The van der Waals surface area contributed by atoms with Crippen molar-refractivity contribution in [2.75, 3.05) is 6.61 Å². The van der Waals surface area contributed by atoms with E-state index in [1.807, 2.05) is 13.8 Å². The summed E-state index contributed by atoms with van der Waals surface area (Å²) in [5.74, 6) is -0.120. The maximum Gasteiger partial charge on any atom is 0.309 e. The van der Waals surface area contributed by atoms with Crippen LogP contribution in [0.2, 0.25) is 0 Å². The van der Waals surface area contributed by atoms with Crippen LogP contribution in [-0.4, -0.2) is 17.4 Å². The molecule has 0 N–H and O–H groups in total. The molecule has 1 atom stereocenters. The Labute approximate surface area is 179 Å². The van der Waals surface area contributed by atoms with Gasteiger partial charge in [-0.2, -0.15) is 0 Å². The van der Waals surface area contributed by atoms with E-state index in [-0.39, 0.29) is 11.9 Å². The van der Waals surface area contributed by atoms with E-state index in [1.165, 1.54) is 38.5 Å². The summed E-state index contributed by atoms with van der Waals surface area (Å²) in [6.45, 7) is 6.38. The third kappa shape index (κ3) is 18.2. The van der Waals surface area contributed by atoms with Crippen molar-refractivity contribution < 1.29 is 9.53 Å². The second-order valence-corrected chi connectivity index (χ2v) is 8.04. The molecule has 0 aliphatic carbocycles. The molecule has 0 aromatic rings. The van der Waals surface area contributed by atoms with E-state index in [4.69, 9.17) is 17.0 Å². The number of carbonyl (C=O) groups is 1. The normalized spacial score (nSPS) is 13.0. The van der Waals surface area contributed by atoms with Crippen LogP contribution in [0.4, 0.5) is 0 Å². The Morgan fingerprint density at radius 2 is 1.43 bits per heavy atom. The Bertz CT molecular complexity index is 477. The zero-order chi connectivity index (χ0) is 20.9. The third-order valence-corrected chi connectivity index (χ3v) is 4.77. The van der Waals surface area contributed by atoms with Crippen LogP contribution < -0.4 is 0 Å². The molecule has 3 heteroatoms. The third-order valence-electron chi connectivity index (χ3n) is 4.61. The SMILES string of the molecule is CCC=CCC=CCC=CCCCCCCCCC(CC(C)=S)C(=O)OCC. The van der Waals surface area contributed by atoms with Gasteiger partial charge in [-0.1, -0.05) is 87.7 Å². The van der Waals surface area contributed by atoms with Gasteiger partial charge in [0.25, 0.3) is 0 Å². The summed E-state index contributed by atoms with van der Waals surface area (Å²) in [7, 11) is 0. The van der Waals surface area contributed by atoms with Crippen molar-refractivity contribution in [1.82, 2.24) is 0 Å². The molecule has 1 unspecified atom stereocenters. The number of hydrogen-bond acceptors (Lipinski definition) is 3. The minimum absolute atomic E-state index is 0.0423. The van der Waals surface area contributed by atoms with E-state index in [0.29, 0.717) is 13.0 Å². The summed E-state index contributed by atoms with van der Waals surface area (Å²) >= 11 is 5.17. The lowest BCUT2D eigenvalue weighted by Gasteiger charge is -2.14. The second-order valence-electron chi connectivity index (χ2n) is 7.35. The number of hydrogen-bond donors (Lipinski definition) is 0. The Kier molecular flexibility index (Phi) is 19.6. The van der Waals surface area contributed by atoms with Gasteiger partial charge in [0.15, 0.2) is 0 Å². The fourth-order valence-electron chi connectivity index (χ4n) is 3.10. The largest absolute Gasteiger partial charge is 0.466 e. The standard InChI is InChI=1S/C25H42O2S/c1-4-6-7-8-9-10-11-12-13-14-15-16-17-18-19-20-21-24(22-23(3)28)25(26)27-5-2/h6-7,9-10,12-13,24H,4-5,8,11,14-22H2,1-3H3. The van der Waals surface area contributed by atoms with Gasteiger partial charge in [0.1, 0.15) is 0 Å². The quantitative estimate of drug-likeness (QED) is 0.100. The van der Waals surface area contributed by atoms with Crippen LogP contribution in [0.1, 0.15) is 97.8 Å². The first kappa shape index (κ1) is 26.8. The number of rotatable bonds is 18. The maximum atomic E-state index is 12.0. The average molecular weight is 407 g/mol. The van der Waals surface area contributed by atoms with Crippen LogP contribution in [0.3, 0.4) is 0 Å². The molecule has 0 aromatic heterocycles. The minimum Gasteiger partial charge on any atom is -0.466 e. The molecule has 160 valence electrons. The van der Waals surface area contributed by atoms with Crippen LogP contribution in [0.5, 0.6) is 0 Å². The van der Waals surface area contributed by atoms with Gasteiger partial charge in [-0.15, -0.1) is 0 Å². The van der Waals surface area contributed by atoms with Gasteiger partial charge in [-0.05, 0) is 63.7 Å². The Balaban J connectivity index is 3.62. The molecule has 0 heterocycles. The molecule has 0 radical (unpaired) electrons. The predicted molar refractivity (Wildman–Crippen MR) is 127 cm³/mol. The summed E-state index contributed by atoms with van der Waals surface area (Å²) in [4.78, 5) is 12.9. The van der Waals surface area contributed by atoms with Crippen LogP contribution >= 0.6 is 12.2 Å². The first-order valence-electron chi connectivity index (χ1n) is 11.2. The summed E-state index contributed by atoms with van der Waals surface area (Å²) < 4.78 is 5.17. The van der Waals surface area contributed by atoms with E-state index < -0.39 is 0 Å². The van der Waals surface area contributed by atoms with Gasteiger partial charge < -0.3 is 4.74 Å². The fraction of sp³-hybridized carbons (Fsp3) is 0.680. The number of esters is 1. The fourth-order valence-corrected chi connectivity index (χ4v) is 3.30. The maximum absolute atomic E-state index is 12.0. The molecule has 0 aliphatic heterocycles. The summed E-state index contributed by atoms with van der Waals surface area (Å²) in [5.41, 5.74) is 0. The van der Waals surface area contributed by atoms with Gasteiger partial charge in [0, 0.05) is 0 Å². The van der Waals surface area contributed by atoms with Gasteiger partial charge in [0.2, 0.25) is 0 Å². The smallest absolute Gasteiger partial charge is 0.309 e. The molecule has 0 saturated carbocycles. The monoisotopic (exact) mass is 406 g/mol. The summed E-state index contributed by atoms with van der Waals surface area (Å²) in [5, 5.41) is 0. The summed E-state index contributed by atoms with van der Waals surface area (Å²) in [6.07, 6.45) is 26.9. The molecule has 0 amide bonds. The van der Waals surface area contributed by atoms with Gasteiger partial charge in [0.05, 0.1) is 12.5 Å². The number of ether oxygens (including phenoxy) is 1. The zero-order valence-electron chi connectivity index (χ0n) is 18.5. The van der Waals surface area contributed by atoms with Crippen LogP contribution in [0.25, 0.3) is 0 Å². The first-order valence-corrected chi connectivity index (χ1v) is 11.6. The van der Waals surface area contributed by atoms with Crippen molar-refractivity contribution >= 4 is 23.1 Å². The number of thiocarbonyl (C=S) groups is 1. The van der Waals surface area contributed by atoms with Crippen LogP contribution in [0, 0.1) is 5.92 Å². The highest BCUT2D eigenvalue weighted by atomic mass is 32.1. The van der Waals surface area contributed by atoms with Crippen molar-refractivity contribution in [2.24, 2.45) is 5.92 Å². The van der Waals surface area contributed by atoms with Crippen molar-refractivity contribution in [1.29, 1.82) is 0 Å². The highest BCUT2D eigenvalue weighted by Crippen LogP contribution is 2.18. The van der Waals surface area contributed by atoms with Crippen molar-refractivity contribution in [3.63, 3.8) is 0 Å². The lowest BCUT2D eigenvalue weighted by molar-refractivity contribution is -0.148. The molecule has 0 saturated heterocycles. The van der Waals surface area contributed by atoms with Crippen molar-refractivity contribution in [2.45, 2.75) is 97.8 Å². The molecule has 0 bridgehead atoms. The van der Waals surface area contributed by atoms with E-state index >= 15 is 0 Å². The lowest BCUT2D eigenvalue weighted by atomic mass is 9.96. The van der Waals surface area contributed by atoms with Crippen molar-refractivity contribution in [3.05, 3.63) is 36.5 Å². The molecule has 0 aliphatic rings. The lowest BCUT2D eigenvalue weighted by Crippen LogP contribution is -2.19. The summed E-state index contributed by atoms with van der Waals surface area (Å²) in [6, 6.07) is 0. The number of carbonyl (C=O) groups excluding carboxylic acids is 1. The predicted octanol–water partition coefficient (Wildman–Crippen LogP) is 7.93. The molecule has 0 aromatic carbocycles. The molecule has 0 spiro atoms. The second kappa shape index (κ2) is 20.5. The van der Waals surface area contributed by atoms with E-state index in [2.05, 4.69) is 43.4 Å². The first-order chi connectivity index (χ1) is 13.6. The van der Waals surface area contributed by atoms with E-state index in [9.17, 15) is 4.79 Å². The van der Waals surface area contributed by atoms with Gasteiger partial charge >= 0.3 is 5.97 Å². The average Bonchev–Trinajstić information content (AvgIpc) is 2.66. The van der Waals surface area contributed by atoms with E-state index in [1.54, 1.807) is 0 Å². The Morgan fingerprint density at radius 3 is 2.04 bits per heavy atom. The van der Waals surface area contributed by atoms with Crippen molar-refractivity contribution in [3.8, 4) is 0 Å². The number of unbranched alkanes of at least 4 members (excludes halogenated alkanes) is 6. The topological polar surface area (TPSA) is 26.3 Å². The Morgan fingerprint density at radius 1 is 0.857 bits per heavy atom. The van der Waals surface area contributed by atoms with Gasteiger partial charge in [-0.3, -0.25) is 4.79 Å². The van der Waals surface area contributed by atoms with E-state index in [0.717, 1.165) is 37.0 Å². The number of allylic oxidation sites excluding steroid dienone is 6. The minimum atomic E-state index is -0.0780. The molecule has 0 fully saturated rings. The molecule has 2 nitrogen and oxygen atoms in total. The molecular weight excluding hydrogens is 364 g/mol. The molecule has 28 heavy (non-hydrogen) atoms. The zero-order valence-corrected chi connectivity index (χ0v) is 19.3. The highest BCUT2D eigenvalue weighted by molar-refractivity contribution is 7.80. The molecular formula is C25H42O2S. The highest BCUT2D eigenvalue weighted by Gasteiger charge is 2.19.